The zero-order valence-corrected chi connectivity index (χ0v) is 18.6. The molecule has 27 heavy (non-hydrogen) atoms. The van der Waals surface area contributed by atoms with Crippen LogP contribution in [-0.2, 0) is 17.3 Å². The zero-order chi connectivity index (χ0) is 20.4. The molecule has 0 radical (unpaired) electrons. The SMILES string of the molecule is CCCc1c(-c2cc(OC)ccc2OC)ccc(C(C)(C)C)c1C(C)(C)C. The van der Waals surface area contributed by atoms with Crippen molar-refractivity contribution in [1.29, 1.82) is 0 Å². The van der Waals surface area contributed by atoms with Crippen LogP contribution in [0.2, 0.25) is 0 Å². The first kappa shape index (κ1) is 21.3. The highest BCUT2D eigenvalue weighted by atomic mass is 16.5. The van der Waals surface area contributed by atoms with Crippen molar-refractivity contribution in [3.8, 4) is 22.6 Å². The largest absolute Gasteiger partial charge is 0.497 e. The second-order valence-corrected chi connectivity index (χ2v) is 9.33. The third-order valence-electron chi connectivity index (χ3n) is 5.07. The molecule has 0 aliphatic heterocycles. The maximum atomic E-state index is 5.70. The predicted molar refractivity (Wildman–Crippen MR) is 116 cm³/mol. The fraction of sp³-hybridized carbons (Fsp3) is 0.520. The fourth-order valence-corrected chi connectivity index (χ4v) is 3.92. The number of hydrogen-bond donors (Lipinski definition) is 0. The van der Waals surface area contributed by atoms with Gasteiger partial charge in [0.2, 0.25) is 0 Å². The van der Waals surface area contributed by atoms with Crippen LogP contribution < -0.4 is 9.47 Å². The second-order valence-electron chi connectivity index (χ2n) is 9.33. The van der Waals surface area contributed by atoms with Crippen molar-refractivity contribution < 1.29 is 9.47 Å². The molecule has 0 bridgehead atoms. The van der Waals surface area contributed by atoms with Crippen molar-refractivity contribution in [2.75, 3.05) is 14.2 Å². The molecule has 0 amide bonds. The van der Waals surface area contributed by atoms with E-state index in [1.165, 1.54) is 22.3 Å². The highest BCUT2D eigenvalue weighted by Crippen LogP contribution is 2.43. The van der Waals surface area contributed by atoms with Gasteiger partial charge in [-0.05, 0) is 57.7 Å². The van der Waals surface area contributed by atoms with Crippen molar-refractivity contribution in [2.45, 2.75) is 72.1 Å². The molecule has 2 aromatic carbocycles. The lowest BCUT2D eigenvalue weighted by atomic mass is 9.71. The second kappa shape index (κ2) is 7.96. The Bertz CT molecular complexity index is 789. The molecule has 2 nitrogen and oxygen atoms in total. The molecule has 0 aromatic heterocycles. The van der Waals surface area contributed by atoms with Gasteiger partial charge in [-0.25, -0.2) is 0 Å². The van der Waals surface area contributed by atoms with Crippen LogP contribution in [0.1, 0.15) is 71.6 Å². The molecule has 0 N–H and O–H groups in total. The Balaban J connectivity index is 2.91. The molecular formula is C25H36O2. The summed E-state index contributed by atoms with van der Waals surface area (Å²) in [6.45, 7) is 16.1. The molecule has 0 aliphatic rings. The summed E-state index contributed by atoms with van der Waals surface area (Å²) in [6, 6.07) is 10.6. The third kappa shape index (κ3) is 4.48. The molecule has 2 aromatic rings. The smallest absolute Gasteiger partial charge is 0.126 e. The van der Waals surface area contributed by atoms with E-state index in [0.29, 0.717) is 0 Å². The molecule has 2 heteroatoms. The van der Waals surface area contributed by atoms with Crippen molar-refractivity contribution in [1.82, 2.24) is 0 Å². The van der Waals surface area contributed by atoms with Crippen LogP contribution in [0.4, 0.5) is 0 Å². The molecule has 0 unspecified atom stereocenters. The van der Waals surface area contributed by atoms with E-state index >= 15 is 0 Å². The van der Waals surface area contributed by atoms with Gasteiger partial charge in [-0.1, -0.05) is 67.0 Å². The van der Waals surface area contributed by atoms with E-state index in [-0.39, 0.29) is 10.8 Å². The summed E-state index contributed by atoms with van der Waals surface area (Å²) in [4.78, 5) is 0. The van der Waals surface area contributed by atoms with Crippen molar-refractivity contribution in [3.05, 3.63) is 47.0 Å². The quantitative estimate of drug-likeness (QED) is 0.570. The first-order valence-corrected chi connectivity index (χ1v) is 9.93. The first-order valence-electron chi connectivity index (χ1n) is 9.93. The van der Waals surface area contributed by atoms with Crippen LogP contribution in [0.3, 0.4) is 0 Å². The summed E-state index contributed by atoms with van der Waals surface area (Å²) >= 11 is 0. The van der Waals surface area contributed by atoms with Gasteiger partial charge in [0.15, 0.2) is 0 Å². The van der Waals surface area contributed by atoms with E-state index < -0.39 is 0 Å². The Morgan fingerprint density at radius 1 is 0.778 bits per heavy atom. The van der Waals surface area contributed by atoms with Gasteiger partial charge < -0.3 is 9.47 Å². The maximum Gasteiger partial charge on any atom is 0.126 e. The van der Waals surface area contributed by atoms with Gasteiger partial charge in [-0.3, -0.25) is 0 Å². The monoisotopic (exact) mass is 368 g/mol. The highest BCUT2D eigenvalue weighted by Gasteiger charge is 2.29. The molecular weight excluding hydrogens is 332 g/mol. The first-order chi connectivity index (χ1) is 12.5. The predicted octanol–water partition coefficient (Wildman–Crippen LogP) is 6.92. The zero-order valence-electron chi connectivity index (χ0n) is 18.6. The summed E-state index contributed by atoms with van der Waals surface area (Å²) in [5, 5.41) is 0. The van der Waals surface area contributed by atoms with Crippen LogP contribution >= 0.6 is 0 Å². The van der Waals surface area contributed by atoms with Crippen molar-refractivity contribution >= 4 is 0 Å². The third-order valence-corrected chi connectivity index (χ3v) is 5.07. The molecule has 148 valence electrons. The Morgan fingerprint density at radius 3 is 1.93 bits per heavy atom. The Hall–Kier alpha value is -1.96. The standard InChI is InChI=1S/C25H36O2/c1-10-11-19-18(20-16-17(26-8)12-15-22(20)27-9)13-14-21(24(2,3)4)23(19)25(5,6)7/h12-16H,10-11H2,1-9H3. The van der Waals surface area contributed by atoms with Gasteiger partial charge >= 0.3 is 0 Å². The fourth-order valence-electron chi connectivity index (χ4n) is 3.92. The molecule has 0 heterocycles. The van der Waals surface area contributed by atoms with Crippen LogP contribution in [0.15, 0.2) is 30.3 Å². The number of hydrogen-bond acceptors (Lipinski definition) is 2. The number of rotatable bonds is 5. The summed E-state index contributed by atoms with van der Waals surface area (Å²) in [7, 11) is 3.45. The molecule has 0 spiro atoms. The van der Waals surface area contributed by atoms with E-state index in [1.807, 2.05) is 12.1 Å². The lowest BCUT2D eigenvalue weighted by Gasteiger charge is -2.34. The normalized spacial score (nSPS) is 12.2. The average Bonchev–Trinajstić information content (AvgIpc) is 2.59. The average molecular weight is 369 g/mol. The summed E-state index contributed by atoms with van der Waals surface area (Å²) in [5.41, 5.74) is 6.86. The topological polar surface area (TPSA) is 18.5 Å². The van der Waals surface area contributed by atoms with Gasteiger partial charge in [0.25, 0.3) is 0 Å². The molecule has 2 rings (SSSR count). The van der Waals surface area contributed by atoms with Crippen molar-refractivity contribution in [3.63, 3.8) is 0 Å². The molecule has 0 fully saturated rings. The van der Waals surface area contributed by atoms with Crippen molar-refractivity contribution in [2.24, 2.45) is 0 Å². The Morgan fingerprint density at radius 2 is 1.44 bits per heavy atom. The molecule has 0 atom stereocenters. The number of ether oxygens (including phenoxy) is 2. The van der Waals surface area contributed by atoms with Gasteiger partial charge in [-0.2, -0.15) is 0 Å². The lowest BCUT2D eigenvalue weighted by Crippen LogP contribution is -2.24. The molecule has 0 saturated heterocycles. The van der Waals surface area contributed by atoms with E-state index in [1.54, 1.807) is 14.2 Å². The molecule has 0 saturated carbocycles. The number of methoxy groups -OCH3 is 2. The van der Waals surface area contributed by atoms with E-state index in [9.17, 15) is 0 Å². The van der Waals surface area contributed by atoms with Crippen LogP contribution in [0.25, 0.3) is 11.1 Å². The summed E-state index contributed by atoms with van der Waals surface area (Å²) in [6.07, 6.45) is 2.15. The van der Waals surface area contributed by atoms with E-state index in [4.69, 9.17) is 9.47 Å². The van der Waals surface area contributed by atoms with Crippen LogP contribution in [0.5, 0.6) is 11.5 Å². The minimum Gasteiger partial charge on any atom is -0.497 e. The Kier molecular flexibility index (Phi) is 6.29. The van der Waals surface area contributed by atoms with Gasteiger partial charge in [0, 0.05) is 5.56 Å². The maximum absolute atomic E-state index is 5.70. The van der Waals surface area contributed by atoms with Crippen LogP contribution in [-0.4, -0.2) is 14.2 Å². The molecule has 0 aliphatic carbocycles. The highest BCUT2D eigenvalue weighted by molar-refractivity contribution is 5.77. The summed E-state index contributed by atoms with van der Waals surface area (Å²) < 4.78 is 11.2. The summed E-state index contributed by atoms with van der Waals surface area (Å²) in [5.74, 6) is 1.74. The minimum atomic E-state index is 0.0647. The van der Waals surface area contributed by atoms with Gasteiger partial charge in [0.1, 0.15) is 11.5 Å². The number of benzene rings is 2. The minimum absolute atomic E-state index is 0.0647. The van der Waals surface area contributed by atoms with E-state index in [0.717, 1.165) is 29.9 Å². The lowest BCUT2D eigenvalue weighted by molar-refractivity contribution is 0.404. The van der Waals surface area contributed by atoms with Gasteiger partial charge in [0.05, 0.1) is 14.2 Å². The Labute approximate surface area is 165 Å². The van der Waals surface area contributed by atoms with Crippen LogP contribution in [0, 0.1) is 0 Å². The van der Waals surface area contributed by atoms with E-state index in [2.05, 4.69) is 66.7 Å². The van der Waals surface area contributed by atoms with Gasteiger partial charge in [-0.15, -0.1) is 0 Å².